The molecule has 37 heavy (non-hydrogen) atoms. The highest BCUT2D eigenvalue weighted by Crippen LogP contribution is 2.31. The number of hydrogen-bond acceptors (Lipinski definition) is 7. The number of aromatic amines is 1. The number of pyridine rings is 2. The van der Waals surface area contributed by atoms with Crippen LogP contribution < -0.4 is 4.90 Å². The number of carbonyl (C=O) groups is 1. The normalized spacial score (nSPS) is 13.7. The Hall–Kier alpha value is -4.66. The summed E-state index contributed by atoms with van der Waals surface area (Å²) >= 11 is 0. The quantitative estimate of drug-likeness (QED) is 0.347. The number of imidazole rings is 1. The fourth-order valence-electron chi connectivity index (χ4n) is 4.80. The maximum atomic E-state index is 11.9. The standard InChI is InChI=1S/C28H25N7O2/c1-17-6-5-7-23(33-17)25-24(31-16-32-25)18-8-9-22-19(12-18)13-20(14-29-22)26-30-15-21(28(36)37)27(34-26)35-10-3-2-4-11-35/h5-9,12-16H,2-4,10-11H2,1H3,(H,31,32)(H,36,37). The first kappa shape index (κ1) is 22.8. The molecule has 6 rings (SSSR count). The molecule has 0 atom stereocenters. The zero-order valence-corrected chi connectivity index (χ0v) is 20.3. The third kappa shape index (κ3) is 4.40. The average Bonchev–Trinajstić information content (AvgIpc) is 3.43. The summed E-state index contributed by atoms with van der Waals surface area (Å²) < 4.78 is 0. The van der Waals surface area contributed by atoms with Gasteiger partial charge >= 0.3 is 5.97 Å². The maximum Gasteiger partial charge on any atom is 0.341 e. The van der Waals surface area contributed by atoms with Crippen molar-refractivity contribution in [1.82, 2.24) is 29.9 Å². The smallest absolute Gasteiger partial charge is 0.341 e. The molecule has 2 N–H and O–H groups in total. The van der Waals surface area contributed by atoms with Crippen LogP contribution in [0.2, 0.25) is 0 Å². The Kier molecular flexibility index (Phi) is 5.80. The van der Waals surface area contributed by atoms with E-state index in [1.54, 1.807) is 12.5 Å². The number of H-pyrrole nitrogens is 1. The minimum Gasteiger partial charge on any atom is -0.477 e. The SMILES string of the molecule is Cc1cccc(-c2[nH]cnc2-c2ccc3ncc(-c4ncc(C(=O)O)c(N5CCCCC5)n4)cc3c2)n1. The number of fused-ring (bicyclic) bond motifs is 1. The lowest BCUT2D eigenvalue weighted by Gasteiger charge is -2.28. The van der Waals surface area contributed by atoms with E-state index in [9.17, 15) is 9.90 Å². The van der Waals surface area contributed by atoms with Gasteiger partial charge in [-0.3, -0.25) is 9.97 Å². The molecule has 0 radical (unpaired) electrons. The second-order valence-corrected chi connectivity index (χ2v) is 9.21. The van der Waals surface area contributed by atoms with Gasteiger partial charge in [0.25, 0.3) is 0 Å². The number of rotatable bonds is 5. The van der Waals surface area contributed by atoms with Gasteiger partial charge in [0.2, 0.25) is 0 Å². The molecule has 5 heterocycles. The summed E-state index contributed by atoms with van der Waals surface area (Å²) in [6.07, 6.45) is 7.99. The largest absolute Gasteiger partial charge is 0.477 e. The average molecular weight is 492 g/mol. The predicted molar refractivity (Wildman–Crippen MR) is 141 cm³/mol. The van der Waals surface area contributed by atoms with Crippen LogP contribution in [0.25, 0.3) is 44.9 Å². The fourth-order valence-corrected chi connectivity index (χ4v) is 4.80. The summed E-state index contributed by atoms with van der Waals surface area (Å²) in [6, 6.07) is 13.9. The lowest BCUT2D eigenvalue weighted by molar-refractivity contribution is 0.0696. The first-order chi connectivity index (χ1) is 18.1. The van der Waals surface area contributed by atoms with Gasteiger partial charge in [0, 0.05) is 47.7 Å². The van der Waals surface area contributed by atoms with Crippen LogP contribution in [0.4, 0.5) is 5.82 Å². The zero-order valence-electron chi connectivity index (χ0n) is 20.3. The summed E-state index contributed by atoms with van der Waals surface area (Å²) in [6.45, 7) is 3.54. The zero-order chi connectivity index (χ0) is 25.4. The van der Waals surface area contributed by atoms with E-state index in [2.05, 4.69) is 24.9 Å². The van der Waals surface area contributed by atoms with Crippen LogP contribution in [-0.4, -0.2) is 54.1 Å². The number of nitrogens with one attached hydrogen (secondary N) is 1. The number of benzene rings is 1. The van der Waals surface area contributed by atoms with Gasteiger partial charge in [-0.2, -0.15) is 0 Å². The monoisotopic (exact) mass is 491 g/mol. The molecule has 0 saturated carbocycles. The van der Waals surface area contributed by atoms with Crippen molar-refractivity contribution in [2.24, 2.45) is 0 Å². The maximum absolute atomic E-state index is 11.9. The van der Waals surface area contributed by atoms with Crippen LogP contribution in [0.15, 0.2) is 61.2 Å². The highest BCUT2D eigenvalue weighted by Gasteiger charge is 2.22. The van der Waals surface area contributed by atoms with Gasteiger partial charge in [0.15, 0.2) is 5.82 Å². The molecule has 1 aromatic carbocycles. The van der Waals surface area contributed by atoms with Gasteiger partial charge in [-0.05, 0) is 56.5 Å². The number of nitrogens with zero attached hydrogens (tertiary/aromatic N) is 6. The predicted octanol–water partition coefficient (Wildman–Crippen LogP) is 5.14. The number of carboxylic acid groups (broad SMARTS) is 1. The number of carboxylic acids is 1. The minimum absolute atomic E-state index is 0.123. The molecular formula is C28H25N7O2. The Morgan fingerprint density at radius 3 is 2.59 bits per heavy atom. The Balaban J connectivity index is 1.40. The van der Waals surface area contributed by atoms with E-state index in [4.69, 9.17) is 4.98 Å². The first-order valence-corrected chi connectivity index (χ1v) is 12.3. The van der Waals surface area contributed by atoms with Crippen molar-refractivity contribution < 1.29 is 9.90 Å². The van der Waals surface area contributed by atoms with Gasteiger partial charge in [0.1, 0.15) is 11.4 Å². The van der Waals surface area contributed by atoms with E-state index in [0.29, 0.717) is 11.6 Å². The van der Waals surface area contributed by atoms with Gasteiger partial charge in [-0.1, -0.05) is 12.1 Å². The van der Waals surface area contributed by atoms with Crippen molar-refractivity contribution in [3.05, 3.63) is 72.4 Å². The third-order valence-electron chi connectivity index (χ3n) is 6.65. The molecular weight excluding hydrogens is 466 g/mol. The number of anilines is 1. The summed E-state index contributed by atoms with van der Waals surface area (Å²) in [5.41, 5.74) is 6.03. The lowest BCUT2D eigenvalue weighted by Crippen LogP contribution is -2.32. The van der Waals surface area contributed by atoms with Crippen molar-refractivity contribution in [2.75, 3.05) is 18.0 Å². The van der Waals surface area contributed by atoms with Crippen LogP contribution in [0, 0.1) is 6.92 Å². The van der Waals surface area contributed by atoms with Crippen LogP contribution in [0.1, 0.15) is 35.3 Å². The highest BCUT2D eigenvalue weighted by molar-refractivity contribution is 5.94. The Labute approximate surface area is 213 Å². The molecule has 9 heteroatoms. The molecule has 1 fully saturated rings. The van der Waals surface area contributed by atoms with Gasteiger partial charge in [-0.15, -0.1) is 0 Å². The molecule has 4 aromatic heterocycles. The van der Waals surface area contributed by atoms with Crippen molar-refractivity contribution in [2.45, 2.75) is 26.2 Å². The van der Waals surface area contributed by atoms with Crippen molar-refractivity contribution in [3.63, 3.8) is 0 Å². The molecule has 184 valence electrons. The van der Waals surface area contributed by atoms with Crippen LogP contribution in [0.3, 0.4) is 0 Å². The van der Waals surface area contributed by atoms with Crippen LogP contribution in [0.5, 0.6) is 0 Å². The van der Waals surface area contributed by atoms with Crippen LogP contribution in [-0.2, 0) is 0 Å². The minimum atomic E-state index is -1.02. The summed E-state index contributed by atoms with van der Waals surface area (Å²) in [7, 11) is 0. The molecule has 1 aliphatic rings. The molecule has 5 aromatic rings. The van der Waals surface area contributed by atoms with Gasteiger partial charge in [0.05, 0.1) is 28.9 Å². The van der Waals surface area contributed by atoms with Crippen LogP contribution >= 0.6 is 0 Å². The molecule has 1 saturated heterocycles. The van der Waals surface area contributed by atoms with Crippen molar-refractivity contribution >= 4 is 22.7 Å². The Morgan fingerprint density at radius 1 is 0.946 bits per heavy atom. The number of aromatic carboxylic acids is 1. The molecule has 0 aliphatic carbocycles. The van der Waals surface area contributed by atoms with E-state index in [0.717, 1.165) is 77.2 Å². The molecule has 0 unspecified atom stereocenters. The van der Waals surface area contributed by atoms with E-state index < -0.39 is 5.97 Å². The Bertz CT molecular complexity index is 1620. The van der Waals surface area contributed by atoms with E-state index in [-0.39, 0.29) is 5.56 Å². The summed E-state index contributed by atoms with van der Waals surface area (Å²) in [4.78, 5) is 40.0. The van der Waals surface area contributed by atoms with Gasteiger partial charge in [-0.25, -0.2) is 19.7 Å². The van der Waals surface area contributed by atoms with E-state index in [1.165, 1.54) is 6.20 Å². The van der Waals surface area contributed by atoms with E-state index in [1.807, 2.05) is 54.3 Å². The second-order valence-electron chi connectivity index (χ2n) is 9.21. The molecule has 0 amide bonds. The van der Waals surface area contributed by atoms with E-state index >= 15 is 0 Å². The van der Waals surface area contributed by atoms with Crippen molar-refractivity contribution in [1.29, 1.82) is 0 Å². The van der Waals surface area contributed by atoms with Crippen molar-refractivity contribution in [3.8, 4) is 34.0 Å². The summed E-state index contributed by atoms with van der Waals surface area (Å²) in [5, 5.41) is 10.6. The number of aromatic nitrogens is 6. The van der Waals surface area contributed by atoms with Gasteiger partial charge < -0.3 is 15.0 Å². The molecule has 0 spiro atoms. The Morgan fingerprint density at radius 2 is 1.78 bits per heavy atom. The molecule has 0 bridgehead atoms. The summed E-state index contributed by atoms with van der Waals surface area (Å²) in [5.74, 6) is -0.0982. The fraction of sp³-hybridized carbons (Fsp3) is 0.214. The first-order valence-electron chi connectivity index (χ1n) is 12.3. The molecule has 1 aliphatic heterocycles. The second kappa shape index (κ2) is 9.42. The number of hydrogen-bond donors (Lipinski definition) is 2. The number of piperidine rings is 1. The highest BCUT2D eigenvalue weighted by atomic mass is 16.4. The topological polar surface area (TPSA) is 121 Å². The molecule has 9 nitrogen and oxygen atoms in total. The lowest BCUT2D eigenvalue weighted by atomic mass is 10.0. The number of aryl methyl sites for hydroxylation is 1. The third-order valence-corrected chi connectivity index (χ3v) is 6.65.